The second-order valence-corrected chi connectivity index (χ2v) is 6.16. The van der Waals surface area contributed by atoms with Gasteiger partial charge in [0.05, 0.1) is 27.5 Å². The van der Waals surface area contributed by atoms with Crippen LogP contribution >= 0.6 is 11.6 Å². The van der Waals surface area contributed by atoms with Gasteiger partial charge < -0.3 is 15.8 Å². The van der Waals surface area contributed by atoms with Crippen LogP contribution in [0, 0.1) is 0 Å². The third kappa shape index (κ3) is 5.69. The summed E-state index contributed by atoms with van der Waals surface area (Å²) in [5, 5.41) is 2.04. The standard InChI is InChI=1S/C19H15ClF5N3O2/c1-27-9-11(16(26)17(21)22)18(29)28-13-4-2-3-5-15(13)30-14-7-6-10(8-12(14)20)19(23,24)25/h2-9,17H,26H2,1H3,(H,28,29). The number of carbonyl (C=O) groups excluding carboxylic acids is 1. The lowest BCUT2D eigenvalue weighted by atomic mass is 10.2. The number of allylic oxidation sites excluding steroid dienone is 1. The molecule has 30 heavy (non-hydrogen) atoms. The number of rotatable bonds is 6. The highest BCUT2D eigenvalue weighted by atomic mass is 35.5. The number of benzene rings is 2. The van der Waals surface area contributed by atoms with E-state index in [1.807, 2.05) is 0 Å². The van der Waals surface area contributed by atoms with Gasteiger partial charge in [-0.3, -0.25) is 9.79 Å². The van der Waals surface area contributed by atoms with Crippen LogP contribution in [0.5, 0.6) is 11.5 Å². The molecule has 3 N–H and O–H groups in total. The van der Waals surface area contributed by atoms with Crippen molar-refractivity contribution in [3.05, 3.63) is 64.3 Å². The summed E-state index contributed by atoms with van der Waals surface area (Å²) in [5.74, 6) is -1.08. The highest BCUT2D eigenvalue weighted by molar-refractivity contribution is 6.32. The number of halogens is 6. The average molecular weight is 448 g/mol. The largest absolute Gasteiger partial charge is 0.454 e. The first kappa shape index (κ1) is 23.1. The summed E-state index contributed by atoms with van der Waals surface area (Å²) in [6.45, 7) is 0. The fraction of sp³-hybridized carbons (Fsp3) is 0.158. The van der Waals surface area contributed by atoms with Crippen LogP contribution in [-0.2, 0) is 11.0 Å². The Labute approximate surface area is 173 Å². The molecule has 2 aromatic rings. The van der Waals surface area contributed by atoms with Crippen LogP contribution in [0.25, 0.3) is 0 Å². The molecule has 0 aliphatic carbocycles. The lowest BCUT2D eigenvalue weighted by Crippen LogP contribution is -2.23. The van der Waals surface area contributed by atoms with Gasteiger partial charge in [0.1, 0.15) is 5.75 Å². The lowest BCUT2D eigenvalue weighted by molar-refractivity contribution is -0.137. The van der Waals surface area contributed by atoms with Gasteiger partial charge >= 0.3 is 6.18 Å². The molecule has 0 saturated heterocycles. The van der Waals surface area contributed by atoms with Crippen LogP contribution in [0.3, 0.4) is 0 Å². The van der Waals surface area contributed by atoms with Crippen molar-refractivity contribution in [1.29, 1.82) is 0 Å². The number of amides is 1. The molecule has 160 valence electrons. The summed E-state index contributed by atoms with van der Waals surface area (Å²) in [6.07, 6.45) is -6.78. The van der Waals surface area contributed by atoms with Gasteiger partial charge in [0.25, 0.3) is 12.3 Å². The zero-order chi connectivity index (χ0) is 22.5. The quantitative estimate of drug-likeness (QED) is 0.360. The van der Waals surface area contributed by atoms with E-state index < -0.39 is 35.3 Å². The molecule has 5 nitrogen and oxygen atoms in total. The molecule has 0 heterocycles. The van der Waals surface area contributed by atoms with E-state index in [0.717, 1.165) is 18.3 Å². The molecule has 1 amide bonds. The summed E-state index contributed by atoms with van der Waals surface area (Å²) in [5.41, 5.74) is 2.84. The second kappa shape index (κ2) is 9.57. The normalized spacial score (nSPS) is 12.8. The molecule has 2 rings (SSSR count). The van der Waals surface area contributed by atoms with E-state index in [0.29, 0.717) is 6.07 Å². The van der Waals surface area contributed by atoms with Crippen molar-refractivity contribution in [2.75, 3.05) is 12.4 Å². The Bertz CT molecular complexity index is 990. The Balaban J connectivity index is 2.33. The summed E-state index contributed by atoms with van der Waals surface area (Å²) in [4.78, 5) is 15.9. The Morgan fingerprint density at radius 2 is 1.87 bits per heavy atom. The first-order chi connectivity index (χ1) is 14.0. The number of hydrogen-bond donors (Lipinski definition) is 2. The summed E-state index contributed by atoms with van der Waals surface area (Å²) in [7, 11) is 1.27. The van der Waals surface area contributed by atoms with Gasteiger partial charge in [0.15, 0.2) is 5.75 Å². The van der Waals surface area contributed by atoms with E-state index in [-0.39, 0.29) is 22.2 Å². The number of nitrogens with zero attached hydrogens (tertiary/aromatic N) is 1. The van der Waals surface area contributed by atoms with E-state index in [1.54, 1.807) is 0 Å². The molecular weight excluding hydrogens is 433 g/mol. The smallest absolute Gasteiger partial charge is 0.416 e. The molecule has 0 saturated carbocycles. The fourth-order valence-electron chi connectivity index (χ4n) is 2.24. The highest BCUT2D eigenvalue weighted by Gasteiger charge is 2.31. The van der Waals surface area contributed by atoms with E-state index in [1.165, 1.54) is 31.3 Å². The summed E-state index contributed by atoms with van der Waals surface area (Å²) in [6, 6.07) is 8.34. The second-order valence-electron chi connectivity index (χ2n) is 5.75. The van der Waals surface area contributed by atoms with Crippen molar-refractivity contribution in [1.82, 2.24) is 0 Å². The maximum atomic E-state index is 12.9. The molecule has 0 spiro atoms. The Morgan fingerprint density at radius 3 is 2.43 bits per heavy atom. The predicted molar refractivity (Wildman–Crippen MR) is 103 cm³/mol. The minimum Gasteiger partial charge on any atom is -0.454 e. The van der Waals surface area contributed by atoms with Crippen molar-refractivity contribution >= 4 is 29.4 Å². The van der Waals surface area contributed by atoms with E-state index in [9.17, 15) is 26.7 Å². The Kier molecular flexibility index (Phi) is 7.38. The molecule has 11 heteroatoms. The van der Waals surface area contributed by atoms with Gasteiger partial charge in [-0.25, -0.2) is 8.78 Å². The van der Waals surface area contributed by atoms with Crippen LogP contribution in [0.4, 0.5) is 27.6 Å². The number of carbonyl (C=O) groups is 1. The van der Waals surface area contributed by atoms with Gasteiger partial charge in [-0.05, 0) is 30.3 Å². The summed E-state index contributed by atoms with van der Waals surface area (Å²) < 4.78 is 69.6. The number of ether oxygens (including phenoxy) is 1. The Morgan fingerprint density at radius 1 is 1.20 bits per heavy atom. The highest BCUT2D eigenvalue weighted by Crippen LogP contribution is 2.38. The number of anilines is 1. The number of alkyl halides is 5. The molecule has 0 aliphatic heterocycles. The van der Waals surface area contributed by atoms with E-state index in [2.05, 4.69) is 10.3 Å². The Hall–Kier alpha value is -3.14. The minimum absolute atomic E-state index is 0.0101. The lowest BCUT2D eigenvalue weighted by Gasteiger charge is -2.15. The van der Waals surface area contributed by atoms with Crippen LogP contribution in [0.2, 0.25) is 5.02 Å². The van der Waals surface area contributed by atoms with Crippen molar-refractivity contribution in [3.8, 4) is 11.5 Å². The molecule has 2 aromatic carbocycles. The number of aliphatic imine (C=N–C) groups is 1. The van der Waals surface area contributed by atoms with Crippen LogP contribution in [0.1, 0.15) is 5.56 Å². The van der Waals surface area contributed by atoms with E-state index in [4.69, 9.17) is 22.1 Å². The predicted octanol–water partition coefficient (Wildman–Crippen LogP) is 5.27. The minimum atomic E-state index is -4.58. The molecule has 0 radical (unpaired) electrons. The number of para-hydroxylation sites is 2. The molecule has 0 aliphatic rings. The molecule has 0 atom stereocenters. The molecule has 0 fully saturated rings. The molecule has 0 bridgehead atoms. The maximum Gasteiger partial charge on any atom is 0.416 e. The van der Waals surface area contributed by atoms with Gasteiger partial charge in [-0.15, -0.1) is 0 Å². The van der Waals surface area contributed by atoms with Gasteiger partial charge in [0, 0.05) is 13.3 Å². The van der Waals surface area contributed by atoms with Gasteiger partial charge in [-0.1, -0.05) is 23.7 Å². The first-order valence-electron chi connectivity index (χ1n) is 8.19. The van der Waals surface area contributed by atoms with Crippen molar-refractivity contribution in [3.63, 3.8) is 0 Å². The van der Waals surface area contributed by atoms with Crippen LogP contribution in [0.15, 0.2) is 58.7 Å². The number of hydrogen-bond acceptors (Lipinski definition) is 4. The van der Waals surface area contributed by atoms with Gasteiger partial charge in [-0.2, -0.15) is 13.2 Å². The third-order valence-electron chi connectivity index (χ3n) is 3.66. The first-order valence-corrected chi connectivity index (χ1v) is 8.57. The molecular formula is C19H15ClF5N3O2. The monoisotopic (exact) mass is 447 g/mol. The van der Waals surface area contributed by atoms with Crippen LogP contribution < -0.4 is 15.8 Å². The van der Waals surface area contributed by atoms with Crippen molar-refractivity contribution in [2.45, 2.75) is 12.6 Å². The van der Waals surface area contributed by atoms with E-state index >= 15 is 0 Å². The zero-order valence-electron chi connectivity index (χ0n) is 15.3. The maximum absolute atomic E-state index is 12.9. The SMILES string of the molecule is CN=CC(C(=O)Nc1ccccc1Oc1ccc(C(F)(F)F)cc1Cl)=C(N)C(F)F. The number of nitrogens with two attached hydrogens (primary N) is 1. The van der Waals surface area contributed by atoms with Crippen molar-refractivity contribution in [2.24, 2.45) is 10.7 Å². The average Bonchev–Trinajstić information content (AvgIpc) is 2.67. The third-order valence-corrected chi connectivity index (χ3v) is 3.96. The van der Waals surface area contributed by atoms with Gasteiger partial charge in [0.2, 0.25) is 0 Å². The van der Waals surface area contributed by atoms with Crippen LogP contribution in [-0.4, -0.2) is 25.6 Å². The molecule has 0 unspecified atom stereocenters. The fourth-order valence-corrected chi connectivity index (χ4v) is 2.46. The molecule has 0 aromatic heterocycles. The topological polar surface area (TPSA) is 76.7 Å². The number of nitrogens with one attached hydrogen (secondary N) is 1. The zero-order valence-corrected chi connectivity index (χ0v) is 16.1. The van der Waals surface area contributed by atoms with Crippen molar-refractivity contribution < 1.29 is 31.5 Å². The summed E-state index contributed by atoms with van der Waals surface area (Å²) >= 11 is 5.87.